The van der Waals surface area contributed by atoms with E-state index in [9.17, 15) is 0 Å². The van der Waals surface area contributed by atoms with Gasteiger partial charge < -0.3 is 0 Å². The summed E-state index contributed by atoms with van der Waals surface area (Å²) >= 11 is 8.55. The van der Waals surface area contributed by atoms with Crippen LogP contribution in [0.4, 0.5) is 0 Å². The van der Waals surface area contributed by atoms with Crippen molar-refractivity contribution in [2.75, 3.05) is 5.75 Å². The van der Waals surface area contributed by atoms with Crippen LogP contribution in [0.2, 0.25) is 0 Å². The average Bonchev–Trinajstić information content (AvgIpc) is 1.67. The Labute approximate surface area is 62.9 Å². The van der Waals surface area contributed by atoms with Gasteiger partial charge in [-0.05, 0) is 13.3 Å². The molecule has 0 aliphatic heterocycles. The summed E-state index contributed by atoms with van der Waals surface area (Å²) in [6.07, 6.45) is 2.35. The maximum Gasteiger partial charge on any atom is 0.0189 e. The highest BCUT2D eigenvalue weighted by Gasteiger charge is 2.13. The second-order valence-electron chi connectivity index (χ2n) is 2.41. The van der Waals surface area contributed by atoms with Crippen molar-refractivity contribution in [2.45, 2.75) is 31.4 Å². The summed E-state index contributed by atoms with van der Waals surface area (Å²) < 4.78 is 0.151. The molecular weight excluding hydrogens is 136 g/mol. The maximum absolute atomic E-state index is 4.39. The molecule has 0 nitrogen and oxygen atoms in total. The molecule has 0 aliphatic carbocycles. The Hall–Kier alpha value is 0.700. The van der Waals surface area contributed by atoms with Crippen molar-refractivity contribution in [2.24, 2.45) is 0 Å². The van der Waals surface area contributed by atoms with Crippen LogP contribution in [0.25, 0.3) is 0 Å². The Morgan fingerprint density at radius 1 is 1.50 bits per heavy atom. The second kappa shape index (κ2) is 3.67. The molecule has 8 heavy (non-hydrogen) atoms. The zero-order valence-corrected chi connectivity index (χ0v) is 7.30. The third kappa shape index (κ3) is 3.67. The summed E-state index contributed by atoms with van der Waals surface area (Å²) in [4.78, 5) is 0. The van der Waals surface area contributed by atoms with Gasteiger partial charge in [-0.25, -0.2) is 0 Å². The lowest BCUT2D eigenvalue weighted by Gasteiger charge is -2.18. The third-order valence-electron chi connectivity index (χ3n) is 1.13. The van der Waals surface area contributed by atoms with Gasteiger partial charge in [-0.3, -0.25) is 0 Å². The fourth-order valence-electron chi connectivity index (χ4n) is 0.618. The van der Waals surface area contributed by atoms with Gasteiger partial charge >= 0.3 is 0 Å². The summed E-state index contributed by atoms with van der Waals surface area (Å²) in [6.45, 7) is 4.28. The van der Waals surface area contributed by atoms with E-state index in [1.807, 2.05) is 0 Å². The summed E-state index contributed by atoms with van der Waals surface area (Å²) in [6, 6.07) is 0. The van der Waals surface area contributed by atoms with E-state index in [1.54, 1.807) is 0 Å². The fourth-order valence-corrected chi connectivity index (χ4v) is 0.999. The third-order valence-corrected chi connectivity index (χ3v) is 2.46. The second-order valence-corrected chi connectivity index (χ2v) is 3.80. The summed E-state index contributed by atoms with van der Waals surface area (Å²) in [7, 11) is 0. The van der Waals surface area contributed by atoms with Crippen LogP contribution in [-0.2, 0) is 0 Å². The SMILES string of the molecule is CCCC(C)(S)CS. The van der Waals surface area contributed by atoms with Crippen LogP contribution in [0.1, 0.15) is 26.7 Å². The van der Waals surface area contributed by atoms with Crippen molar-refractivity contribution in [1.82, 2.24) is 0 Å². The van der Waals surface area contributed by atoms with Gasteiger partial charge in [0.15, 0.2) is 0 Å². The van der Waals surface area contributed by atoms with Crippen LogP contribution in [0.3, 0.4) is 0 Å². The Bertz CT molecular complexity index is 59.5. The Morgan fingerprint density at radius 2 is 2.00 bits per heavy atom. The van der Waals surface area contributed by atoms with Crippen molar-refractivity contribution < 1.29 is 0 Å². The lowest BCUT2D eigenvalue weighted by atomic mass is 10.1. The van der Waals surface area contributed by atoms with Gasteiger partial charge in [0.1, 0.15) is 0 Å². The summed E-state index contributed by atoms with van der Waals surface area (Å²) in [5, 5.41) is 0. The first kappa shape index (κ1) is 8.70. The van der Waals surface area contributed by atoms with Crippen LogP contribution in [-0.4, -0.2) is 10.5 Å². The molecule has 0 N–H and O–H groups in total. The van der Waals surface area contributed by atoms with Crippen LogP contribution in [0.5, 0.6) is 0 Å². The highest BCUT2D eigenvalue weighted by molar-refractivity contribution is 7.85. The molecule has 0 aliphatic rings. The van der Waals surface area contributed by atoms with Gasteiger partial charge in [0, 0.05) is 10.5 Å². The number of rotatable bonds is 3. The molecule has 0 rings (SSSR count). The minimum atomic E-state index is 0.151. The first-order valence-electron chi connectivity index (χ1n) is 2.95. The van der Waals surface area contributed by atoms with Gasteiger partial charge in [-0.2, -0.15) is 25.3 Å². The molecule has 50 valence electrons. The van der Waals surface area contributed by atoms with Crippen LogP contribution in [0.15, 0.2) is 0 Å². The molecule has 0 aromatic heterocycles. The molecule has 0 saturated heterocycles. The summed E-state index contributed by atoms with van der Waals surface area (Å²) in [5.74, 6) is 0.865. The number of thiol groups is 2. The van der Waals surface area contributed by atoms with E-state index in [0.717, 1.165) is 12.2 Å². The van der Waals surface area contributed by atoms with Crippen molar-refractivity contribution >= 4 is 25.3 Å². The zero-order valence-electron chi connectivity index (χ0n) is 5.52. The quantitative estimate of drug-likeness (QED) is 0.567. The molecule has 0 aromatic carbocycles. The van der Waals surface area contributed by atoms with E-state index in [0.29, 0.717) is 0 Å². The zero-order chi connectivity index (χ0) is 6.62. The smallest absolute Gasteiger partial charge is 0.0189 e. The molecule has 1 atom stereocenters. The molecule has 2 heteroatoms. The maximum atomic E-state index is 4.39. The monoisotopic (exact) mass is 150 g/mol. The van der Waals surface area contributed by atoms with Crippen molar-refractivity contribution in [3.8, 4) is 0 Å². The van der Waals surface area contributed by atoms with Crippen molar-refractivity contribution in [3.05, 3.63) is 0 Å². The topological polar surface area (TPSA) is 0 Å². The molecule has 0 aromatic rings. The highest BCUT2D eigenvalue weighted by atomic mass is 32.1. The minimum absolute atomic E-state index is 0.151. The molecule has 0 amide bonds. The standard InChI is InChI=1S/C6H14S2/c1-3-4-6(2,8)5-7/h7-8H,3-5H2,1-2H3. The van der Waals surface area contributed by atoms with E-state index in [2.05, 4.69) is 39.1 Å². The lowest BCUT2D eigenvalue weighted by molar-refractivity contribution is 0.641. The van der Waals surface area contributed by atoms with E-state index in [1.165, 1.54) is 6.42 Å². The minimum Gasteiger partial charge on any atom is -0.178 e. The summed E-state index contributed by atoms with van der Waals surface area (Å²) in [5.41, 5.74) is 0. The lowest BCUT2D eigenvalue weighted by Crippen LogP contribution is -2.17. The van der Waals surface area contributed by atoms with Crippen LogP contribution < -0.4 is 0 Å². The highest BCUT2D eigenvalue weighted by Crippen LogP contribution is 2.20. The van der Waals surface area contributed by atoms with Gasteiger partial charge in [0.25, 0.3) is 0 Å². The van der Waals surface area contributed by atoms with E-state index < -0.39 is 0 Å². The molecule has 0 heterocycles. The predicted molar refractivity (Wildman–Crippen MR) is 46.2 cm³/mol. The van der Waals surface area contributed by atoms with Gasteiger partial charge in [0.2, 0.25) is 0 Å². The van der Waals surface area contributed by atoms with Crippen LogP contribution >= 0.6 is 25.3 Å². The average molecular weight is 150 g/mol. The largest absolute Gasteiger partial charge is 0.178 e. The molecule has 0 fully saturated rings. The molecule has 1 unspecified atom stereocenters. The fraction of sp³-hybridized carbons (Fsp3) is 1.00. The van der Waals surface area contributed by atoms with Gasteiger partial charge in [0.05, 0.1) is 0 Å². The van der Waals surface area contributed by atoms with E-state index >= 15 is 0 Å². The first-order valence-corrected chi connectivity index (χ1v) is 4.03. The Morgan fingerprint density at radius 3 is 2.12 bits per heavy atom. The van der Waals surface area contributed by atoms with Gasteiger partial charge in [-0.15, -0.1) is 0 Å². The molecule has 0 bridgehead atoms. The normalized spacial score (nSPS) is 18.0. The Balaban J connectivity index is 3.37. The predicted octanol–water partition coefficient (Wildman–Crippen LogP) is 2.40. The van der Waals surface area contributed by atoms with Crippen molar-refractivity contribution in [1.29, 1.82) is 0 Å². The Kier molecular flexibility index (Phi) is 4.00. The molecule has 0 spiro atoms. The number of hydrogen-bond donors (Lipinski definition) is 2. The van der Waals surface area contributed by atoms with Gasteiger partial charge in [-0.1, -0.05) is 13.3 Å². The first-order chi connectivity index (χ1) is 3.62. The number of hydrogen-bond acceptors (Lipinski definition) is 2. The van der Waals surface area contributed by atoms with E-state index in [-0.39, 0.29) is 4.75 Å². The molecule has 0 radical (unpaired) electrons. The van der Waals surface area contributed by atoms with E-state index in [4.69, 9.17) is 0 Å². The van der Waals surface area contributed by atoms with Crippen molar-refractivity contribution in [3.63, 3.8) is 0 Å². The molecule has 0 saturated carbocycles. The molecular formula is C6H14S2. The van der Waals surface area contributed by atoms with Crippen LogP contribution in [0, 0.1) is 0 Å².